The fourth-order valence-corrected chi connectivity index (χ4v) is 2.89. The molecular weight excluding hydrogens is 232 g/mol. The first-order valence-corrected chi connectivity index (χ1v) is 6.47. The molecule has 0 atom stereocenters. The Morgan fingerprint density at radius 3 is 2.42 bits per heavy atom. The summed E-state index contributed by atoms with van der Waals surface area (Å²) in [6, 6.07) is 16.1. The average Bonchev–Trinajstić information content (AvgIpc) is 2.46. The number of fused-ring (bicyclic) bond motifs is 3. The van der Waals surface area contributed by atoms with E-state index < -0.39 is 0 Å². The maximum absolute atomic E-state index is 12.6. The van der Waals surface area contributed by atoms with Crippen molar-refractivity contribution in [3.63, 3.8) is 0 Å². The molecule has 0 unspecified atom stereocenters. The average molecular weight is 244 g/mol. The van der Waals surface area contributed by atoms with Crippen molar-refractivity contribution in [3.05, 3.63) is 81.9 Å². The molecule has 90 valence electrons. The maximum Gasteiger partial charge on any atom is 0.193 e. The van der Waals surface area contributed by atoms with Crippen LogP contribution < -0.4 is 0 Å². The summed E-state index contributed by atoms with van der Waals surface area (Å²) in [6.07, 6.45) is 5.03. The standard InChI is InChI=1S/C18H12O/c19-18-16-8-4-3-7-14(16)10-15-9-12-5-1-2-6-13(12)11-17(15)18/h1-8,10-11H,9H2. The molecule has 0 heterocycles. The quantitative estimate of drug-likeness (QED) is 0.686. The largest absolute Gasteiger partial charge is 0.289 e. The number of rotatable bonds is 0. The highest BCUT2D eigenvalue weighted by molar-refractivity contribution is 6.19. The Labute approximate surface area is 111 Å². The van der Waals surface area contributed by atoms with Crippen LogP contribution in [0.5, 0.6) is 0 Å². The zero-order chi connectivity index (χ0) is 12.8. The van der Waals surface area contributed by atoms with Gasteiger partial charge in [-0.2, -0.15) is 0 Å². The van der Waals surface area contributed by atoms with Gasteiger partial charge in [0.1, 0.15) is 0 Å². The second-order valence-electron chi connectivity index (χ2n) is 5.02. The van der Waals surface area contributed by atoms with Gasteiger partial charge in [0.15, 0.2) is 5.78 Å². The van der Waals surface area contributed by atoms with Crippen LogP contribution in [0.15, 0.2) is 59.7 Å². The van der Waals surface area contributed by atoms with Crippen LogP contribution in [0.2, 0.25) is 0 Å². The van der Waals surface area contributed by atoms with E-state index in [9.17, 15) is 4.79 Å². The zero-order valence-corrected chi connectivity index (χ0v) is 10.4. The van der Waals surface area contributed by atoms with Gasteiger partial charge >= 0.3 is 0 Å². The van der Waals surface area contributed by atoms with Gasteiger partial charge in [-0.25, -0.2) is 0 Å². The summed E-state index contributed by atoms with van der Waals surface area (Å²) < 4.78 is 0. The molecule has 0 N–H and O–H groups in total. The summed E-state index contributed by atoms with van der Waals surface area (Å²) in [5, 5.41) is 0. The van der Waals surface area contributed by atoms with Gasteiger partial charge in [-0.05, 0) is 40.8 Å². The molecule has 2 aliphatic rings. The summed E-state index contributed by atoms with van der Waals surface area (Å²) in [6.45, 7) is 0. The van der Waals surface area contributed by atoms with Crippen LogP contribution in [0.3, 0.4) is 0 Å². The second kappa shape index (κ2) is 3.79. The van der Waals surface area contributed by atoms with Crippen molar-refractivity contribution < 1.29 is 4.79 Å². The van der Waals surface area contributed by atoms with E-state index >= 15 is 0 Å². The Morgan fingerprint density at radius 1 is 0.789 bits per heavy atom. The normalized spacial score (nSPS) is 15.9. The van der Waals surface area contributed by atoms with Crippen molar-refractivity contribution in [1.29, 1.82) is 0 Å². The van der Waals surface area contributed by atoms with E-state index in [0.717, 1.165) is 28.7 Å². The topological polar surface area (TPSA) is 17.1 Å². The number of carbonyl (C=O) groups is 1. The lowest BCUT2D eigenvalue weighted by Crippen LogP contribution is -2.16. The molecule has 2 aromatic rings. The maximum atomic E-state index is 12.6. The Morgan fingerprint density at radius 2 is 1.53 bits per heavy atom. The molecular formula is C18H12O. The van der Waals surface area contributed by atoms with Crippen LogP contribution in [0.1, 0.15) is 27.0 Å². The number of hydrogen-bond donors (Lipinski definition) is 0. The predicted molar refractivity (Wildman–Crippen MR) is 76.9 cm³/mol. The van der Waals surface area contributed by atoms with Crippen LogP contribution in [0.4, 0.5) is 0 Å². The van der Waals surface area contributed by atoms with Gasteiger partial charge < -0.3 is 0 Å². The van der Waals surface area contributed by atoms with Crippen molar-refractivity contribution in [3.8, 4) is 0 Å². The molecule has 0 radical (unpaired) electrons. The predicted octanol–water partition coefficient (Wildman–Crippen LogP) is 3.91. The number of Topliss-reactive ketones (excluding diaryl/α,β-unsaturated/α-hetero) is 1. The Kier molecular flexibility index (Phi) is 2.10. The molecule has 0 aromatic heterocycles. The van der Waals surface area contributed by atoms with Crippen LogP contribution in [-0.4, -0.2) is 5.78 Å². The fraction of sp³-hybridized carbons (Fsp3) is 0.0556. The molecule has 0 bridgehead atoms. The van der Waals surface area contributed by atoms with Gasteiger partial charge in [-0.15, -0.1) is 0 Å². The summed E-state index contributed by atoms with van der Waals surface area (Å²) in [7, 11) is 0. The number of ketones is 1. The lowest BCUT2D eigenvalue weighted by Gasteiger charge is -2.23. The van der Waals surface area contributed by atoms with E-state index in [-0.39, 0.29) is 5.78 Å². The van der Waals surface area contributed by atoms with Crippen molar-refractivity contribution in [2.24, 2.45) is 0 Å². The highest BCUT2D eigenvalue weighted by Crippen LogP contribution is 2.35. The molecule has 2 aromatic carbocycles. The molecule has 1 nitrogen and oxygen atoms in total. The van der Waals surface area contributed by atoms with Gasteiger partial charge in [-0.1, -0.05) is 48.5 Å². The number of benzene rings is 2. The van der Waals surface area contributed by atoms with E-state index in [4.69, 9.17) is 0 Å². The first kappa shape index (κ1) is 10.5. The van der Waals surface area contributed by atoms with E-state index in [2.05, 4.69) is 24.3 Å². The molecule has 0 saturated carbocycles. The molecule has 2 aliphatic carbocycles. The molecule has 0 amide bonds. The Hall–Kier alpha value is -2.41. The van der Waals surface area contributed by atoms with Gasteiger partial charge in [0.25, 0.3) is 0 Å². The molecule has 0 aliphatic heterocycles. The summed E-state index contributed by atoms with van der Waals surface area (Å²) in [5.74, 6) is 0.155. The second-order valence-corrected chi connectivity index (χ2v) is 5.02. The van der Waals surface area contributed by atoms with Crippen molar-refractivity contribution in [1.82, 2.24) is 0 Å². The van der Waals surface area contributed by atoms with E-state index in [1.165, 1.54) is 11.1 Å². The molecule has 0 saturated heterocycles. The minimum Gasteiger partial charge on any atom is -0.289 e. The molecule has 19 heavy (non-hydrogen) atoms. The monoisotopic (exact) mass is 244 g/mol. The Balaban J connectivity index is 1.95. The minimum atomic E-state index is 0.155. The first-order chi connectivity index (χ1) is 9.33. The lowest BCUT2D eigenvalue weighted by molar-refractivity contribution is 0.103. The third kappa shape index (κ3) is 1.52. The summed E-state index contributed by atoms with van der Waals surface area (Å²) in [5.41, 5.74) is 6.32. The molecule has 4 rings (SSSR count). The van der Waals surface area contributed by atoms with E-state index in [1.54, 1.807) is 0 Å². The van der Waals surface area contributed by atoms with Crippen LogP contribution in [-0.2, 0) is 6.42 Å². The van der Waals surface area contributed by atoms with Gasteiger partial charge in [-0.3, -0.25) is 4.79 Å². The third-order valence-electron chi connectivity index (χ3n) is 3.86. The zero-order valence-electron chi connectivity index (χ0n) is 10.4. The van der Waals surface area contributed by atoms with Gasteiger partial charge in [0.05, 0.1) is 0 Å². The minimum absolute atomic E-state index is 0.155. The van der Waals surface area contributed by atoms with Crippen LogP contribution in [0.25, 0.3) is 12.2 Å². The highest BCUT2D eigenvalue weighted by Gasteiger charge is 2.26. The number of carbonyl (C=O) groups excluding carboxylic acids is 1. The summed E-state index contributed by atoms with van der Waals surface area (Å²) >= 11 is 0. The molecule has 1 heteroatoms. The smallest absolute Gasteiger partial charge is 0.193 e. The van der Waals surface area contributed by atoms with Crippen LogP contribution in [0, 0.1) is 0 Å². The van der Waals surface area contributed by atoms with E-state index in [1.807, 2.05) is 36.4 Å². The fourth-order valence-electron chi connectivity index (χ4n) is 2.89. The Bertz CT molecular complexity index is 763. The summed E-state index contributed by atoms with van der Waals surface area (Å²) in [4.78, 5) is 12.6. The van der Waals surface area contributed by atoms with Gasteiger partial charge in [0, 0.05) is 11.1 Å². The van der Waals surface area contributed by atoms with Gasteiger partial charge in [0.2, 0.25) is 0 Å². The number of allylic oxidation sites excluding steroid dienone is 2. The van der Waals surface area contributed by atoms with Crippen molar-refractivity contribution >= 4 is 17.9 Å². The first-order valence-electron chi connectivity index (χ1n) is 6.47. The third-order valence-corrected chi connectivity index (χ3v) is 3.86. The van der Waals surface area contributed by atoms with Crippen molar-refractivity contribution in [2.45, 2.75) is 6.42 Å². The molecule has 0 spiro atoms. The SMILES string of the molecule is O=C1C2=Cc3ccccc3CC2=Cc2ccccc21. The number of hydrogen-bond acceptors (Lipinski definition) is 1. The van der Waals surface area contributed by atoms with E-state index in [0.29, 0.717) is 0 Å². The lowest BCUT2D eigenvalue weighted by atomic mass is 9.79. The molecule has 0 fully saturated rings. The van der Waals surface area contributed by atoms with Crippen molar-refractivity contribution in [2.75, 3.05) is 0 Å². The highest BCUT2D eigenvalue weighted by atomic mass is 16.1. The van der Waals surface area contributed by atoms with Crippen LogP contribution >= 0.6 is 0 Å².